The van der Waals surface area contributed by atoms with Crippen molar-refractivity contribution in [2.24, 2.45) is 0 Å². The van der Waals surface area contributed by atoms with Gasteiger partial charge in [-0.2, -0.15) is 0 Å². The van der Waals surface area contributed by atoms with Gasteiger partial charge in [0, 0.05) is 19.1 Å². The fourth-order valence-corrected chi connectivity index (χ4v) is 1.23. The van der Waals surface area contributed by atoms with Crippen LogP contribution in [0.3, 0.4) is 0 Å². The zero-order chi connectivity index (χ0) is 14.1. The van der Waals surface area contributed by atoms with Crippen molar-refractivity contribution in [1.29, 1.82) is 0 Å². The van der Waals surface area contributed by atoms with E-state index in [0.29, 0.717) is 0 Å². The third-order valence-electron chi connectivity index (χ3n) is 1.84. The van der Waals surface area contributed by atoms with Gasteiger partial charge >= 0.3 is 11.4 Å². The van der Waals surface area contributed by atoms with Gasteiger partial charge in [0.2, 0.25) is 5.91 Å². The maximum Gasteiger partial charge on any atom is 0.320 e. The Labute approximate surface area is 99.4 Å². The molecule has 0 fully saturated rings. The van der Waals surface area contributed by atoms with Crippen LogP contribution in [0.15, 0.2) is 12.1 Å². The standard InChI is InChI=1S/C8H9N3O7/c1-8(13,14)9-4-2-5(10(15)16)7(12)6(3-4)11(17)18/h2-3,9,12-14H,1H3. The van der Waals surface area contributed by atoms with Crippen molar-refractivity contribution >= 4 is 17.1 Å². The summed E-state index contributed by atoms with van der Waals surface area (Å²) in [7, 11) is 0. The molecule has 0 heterocycles. The van der Waals surface area contributed by atoms with Crippen LogP contribution in [0.25, 0.3) is 0 Å². The van der Waals surface area contributed by atoms with E-state index in [-0.39, 0.29) is 5.69 Å². The number of aliphatic hydroxyl groups is 2. The molecule has 0 aliphatic carbocycles. The van der Waals surface area contributed by atoms with E-state index in [4.69, 9.17) is 10.2 Å². The molecule has 0 radical (unpaired) electrons. The third kappa shape index (κ3) is 3.02. The first-order chi connectivity index (χ1) is 8.11. The lowest BCUT2D eigenvalue weighted by atomic mass is 10.2. The fourth-order valence-electron chi connectivity index (χ4n) is 1.23. The second kappa shape index (κ2) is 4.43. The fraction of sp³-hybridized carbons (Fsp3) is 0.250. The van der Waals surface area contributed by atoms with Gasteiger partial charge in [0.05, 0.1) is 15.5 Å². The Balaban J connectivity index is 3.38. The molecule has 10 heteroatoms. The summed E-state index contributed by atoms with van der Waals surface area (Å²) in [6.45, 7) is 0.914. The molecule has 0 saturated heterocycles. The van der Waals surface area contributed by atoms with Gasteiger partial charge in [0.25, 0.3) is 5.75 Å². The van der Waals surface area contributed by atoms with Gasteiger partial charge in [-0.05, 0) is 0 Å². The summed E-state index contributed by atoms with van der Waals surface area (Å²) in [6.07, 6.45) is 0. The number of hydrogen-bond donors (Lipinski definition) is 4. The van der Waals surface area contributed by atoms with Crippen LogP contribution in [0.2, 0.25) is 0 Å². The Morgan fingerprint density at radius 3 is 1.83 bits per heavy atom. The van der Waals surface area contributed by atoms with Crippen LogP contribution in [-0.2, 0) is 0 Å². The highest BCUT2D eigenvalue weighted by molar-refractivity contribution is 5.68. The summed E-state index contributed by atoms with van der Waals surface area (Å²) in [6, 6.07) is 1.49. The molecule has 18 heavy (non-hydrogen) atoms. The van der Waals surface area contributed by atoms with Crippen LogP contribution in [0.5, 0.6) is 5.75 Å². The predicted octanol–water partition coefficient (Wildman–Crippen LogP) is 0.279. The summed E-state index contributed by atoms with van der Waals surface area (Å²) in [5.74, 6) is -3.52. The van der Waals surface area contributed by atoms with Crippen molar-refractivity contribution in [1.82, 2.24) is 0 Å². The molecule has 0 spiro atoms. The first-order valence-corrected chi connectivity index (χ1v) is 4.50. The maximum atomic E-state index is 10.6. The van der Waals surface area contributed by atoms with Crippen LogP contribution < -0.4 is 5.32 Å². The van der Waals surface area contributed by atoms with E-state index < -0.39 is 32.9 Å². The molecular formula is C8H9N3O7. The Morgan fingerprint density at radius 2 is 1.56 bits per heavy atom. The van der Waals surface area contributed by atoms with Crippen molar-refractivity contribution in [2.75, 3.05) is 5.32 Å². The predicted molar refractivity (Wildman–Crippen MR) is 57.9 cm³/mol. The number of rotatable bonds is 4. The first kappa shape index (κ1) is 13.6. The number of aromatic hydroxyl groups is 1. The van der Waals surface area contributed by atoms with Crippen LogP contribution in [0.1, 0.15) is 6.92 Å². The monoisotopic (exact) mass is 259 g/mol. The van der Waals surface area contributed by atoms with Crippen molar-refractivity contribution in [3.63, 3.8) is 0 Å². The highest BCUT2D eigenvalue weighted by atomic mass is 16.6. The van der Waals surface area contributed by atoms with Crippen LogP contribution in [0.4, 0.5) is 17.1 Å². The molecular weight excluding hydrogens is 250 g/mol. The van der Waals surface area contributed by atoms with Crippen LogP contribution in [0, 0.1) is 20.2 Å². The van der Waals surface area contributed by atoms with E-state index in [1.165, 1.54) is 0 Å². The molecule has 0 aromatic heterocycles. The van der Waals surface area contributed by atoms with Gasteiger partial charge in [-0.15, -0.1) is 0 Å². The zero-order valence-corrected chi connectivity index (χ0v) is 9.02. The number of nitrogens with one attached hydrogen (secondary N) is 1. The van der Waals surface area contributed by atoms with Crippen LogP contribution in [-0.4, -0.2) is 31.1 Å². The SMILES string of the molecule is CC(O)(O)Nc1cc([N+](=O)[O-])c(O)c([N+](=O)[O-])c1. The quantitative estimate of drug-likeness (QED) is 0.259. The van der Waals surface area contributed by atoms with Crippen molar-refractivity contribution in [3.8, 4) is 5.75 Å². The lowest BCUT2D eigenvalue weighted by molar-refractivity contribution is -0.396. The number of benzene rings is 1. The normalized spacial score (nSPS) is 11.1. The lowest BCUT2D eigenvalue weighted by Crippen LogP contribution is -2.33. The number of phenolic OH excluding ortho intramolecular Hbond substituents is 1. The third-order valence-corrected chi connectivity index (χ3v) is 1.84. The van der Waals surface area contributed by atoms with Gasteiger partial charge in [-0.3, -0.25) is 20.2 Å². The number of anilines is 1. The molecule has 0 amide bonds. The molecule has 0 aliphatic rings. The summed E-state index contributed by atoms with van der Waals surface area (Å²) in [5.41, 5.74) is -2.13. The Morgan fingerprint density at radius 1 is 1.17 bits per heavy atom. The van der Waals surface area contributed by atoms with Gasteiger partial charge < -0.3 is 20.6 Å². The molecule has 0 atom stereocenters. The molecule has 0 aliphatic heterocycles. The molecule has 98 valence electrons. The highest BCUT2D eigenvalue weighted by Gasteiger charge is 2.28. The topological polar surface area (TPSA) is 159 Å². The Kier molecular flexibility index (Phi) is 3.35. The number of nitrogens with zero attached hydrogens (tertiary/aromatic N) is 2. The minimum absolute atomic E-state index is 0.293. The molecule has 10 nitrogen and oxygen atoms in total. The van der Waals surface area contributed by atoms with E-state index >= 15 is 0 Å². The second-order valence-corrected chi connectivity index (χ2v) is 3.52. The number of nitro groups is 2. The maximum absolute atomic E-state index is 10.6. The molecule has 1 aromatic carbocycles. The van der Waals surface area contributed by atoms with Gasteiger partial charge in [-0.1, -0.05) is 0 Å². The number of hydrogen-bond acceptors (Lipinski definition) is 8. The smallest absolute Gasteiger partial charge is 0.320 e. The van der Waals surface area contributed by atoms with E-state index in [1.54, 1.807) is 0 Å². The summed E-state index contributed by atoms with van der Waals surface area (Å²) in [5, 5.41) is 50.6. The van der Waals surface area contributed by atoms with Crippen molar-refractivity contribution in [3.05, 3.63) is 32.4 Å². The van der Waals surface area contributed by atoms with E-state index in [1.807, 2.05) is 5.32 Å². The minimum atomic E-state index is -2.42. The molecule has 1 aromatic rings. The summed E-state index contributed by atoms with van der Waals surface area (Å²) in [4.78, 5) is 19.1. The summed E-state index contributed by atoms with van der Waals surface area (Å²) < 4.78 is 0. The van der Waals surface area contributed by atoms with E-state index in [0.717, 1.165) is 19.1 Å². The second-order valence-electron chi connectivity index (χ2n) is 3.52. The Hall–Kier alpha value is -2.46. The highest BCUT2D eigenvalue weighted by Crippen LogP contribution is 2.38. The van der Waals surface area contributed by atoms with Gasteiger partial charge in [0.1, 0.15) is 0 Å². The average Bonchev–Trinajstić information content (AvgIpc) is 2.17. The lowest BCUT2D eigenvalue weighted by Gasteiger charge is -2.18. The molecule has 0 unspecified atom stereocenters. The van der Waals surface area contributed by atoms with Gasteiger partial charge in [0.15, 0.2) is 0 Å². The van der Waals surface area contributed by atoms with Crippen LogP contribution >= 0.6 is 0 Å². The zero-order valence-electron chi connectivity index (χ0n) is 9.02. The molecule has 1 rings (SSSR count). The van der Waals surface area contributed by atoms with E-state index in [2.05, 4.69) is 0 Å². The van der Waals surface area contributed by atoms with Crippen molar-refractivity contribution < 1.29 is 25.2 Å². The minimum Gasteiger partial charge on any atom is -0.497 e. The Bertz CT molecular complexity index is 473. The van der Waals surface area contributed by atoms with E-state index in [9.17, 15) is 25.3 Å². The molecule has 4 N–H and O–H groups in total. The molecule has 0 bridgehead atoms. The number of nitro benzene ring substituents is 2. The largest absolute Gasteiger partial charge is 0.497 e. The molecule has 0 saturated carbocycles. The number of phenols is 1. The average molecular weight is 259 g/mol. The van der Waals surface area contributed by atoms with Crippen molar-refractivity contribution in [2.45, 2.75) is 12.8 Å². The van der Waals surface area contributed by atoms with Gasteiger partial charge in [-0.25, -0.2) is 0 Å². The first-order valence-electron chi connectivity index (χ1n) is 4.50. The summed E-state index contributed by atoms with van der Waals surface area (Å²) >= 11 is 0.